The minimum Gasteiger partial charge on any atom is -0.496 e. The van der Waals surface area contributed by atoms with Crippen molar-refractivity contribution in [2.75, 3.05) is 14.2 Å². The van der Waals surface area contributed by atoms with Crippen molar-refractivity contribution in [3.8, 4) is 5.75 Å². The first-order valence-corrected chi connectivity index (χ1v) is 8.24. The lowest BCUT2D eigenvalue weighted by Gasteiger charge is -2.38. The van der Waals surface area contributed by atoms with Gasteiger partial charge in [0.25, 0.3) is 5.91 Å². The maximum absolute atomic E-state index is 12.6. The topological polar surface area (TPSA) is 29.5 Å². The van der Waals surface area contributed by atoms with Crippen LogP contribution >= 0.6 is 15.9 Å². The molecule has 4 heteroatoms. The Balaban J connectivity index is 2.07. The van der Waals surface area contributed by atoms with Gasteiger partial charge in [0, 0.05) is 18.7 Å². The van der Waals surface area contributed by atoms with Crippen LogP contribution in [0.5, 0.6) is 5.75 Å². The van der Waals surface area contributed by atoms with Crippen molar-refractivity contribution >= 4 is 21.8 Å². The molecule has 1 aromatic rings. The Morgan fingerprint density at radius 3 is 2.48 bits per heavy atom. The van der Waals surface area contributed by atoms with E-state index < -0.39 is 0 Å². The van der Waals surface area contributed by atoms with Gasteiger partial charge in [-0.15, -0.1) is 0 Å². The average molecular weight is 354 g/mol. The molecule has 21 heavy (non-hydrogen) atoms. The fourth-order valence-electron chi connectivity index (χ4n) is 2.94. The van der Waals surface area contributed by atoms with Gasteiger partial charge in [-0.25, -0.2) is 0 Å². The van der Waals surface area contributed by atoms with Gasteiger partial charge in [-0.3, -0.25) is 4.79 Å². The molecule has 0 saturated heterocycles. The minimum atomic E-state index is 0.0862. The summed E-state index contributed by atoms with van der Waals surface area (Å²) in [7, 11) is 3.54. The van der Waals surface area contributed by atoms with Crippen LogP contribution < -0.4 is 4.74 Å². The fourth-order valence-corrected chi connectivity index (χ4v) is 3.48. The van der Waals surface area contributed by atoms with Crippen molar-refractivity contribution in [1.29, 1.82) is 0 Å². The molecular formula is C17H24BrNO2. The molecule has 0 unspecified atom stereocenters. The number of rotatable bonds is 3. The van der Waals surface area contributed by atoms with E-state index in [9.17, 15) is 4.79 Å². The minimum absolute atomic E-state index is 0.0862. The van der Waals surface area contributed by atoms with Crippen LogP contribution in [0.15, 0.2) is 22.7 Å². The molecule has 0 atom stereocenters. The highest BCUT2D eigenvalue weighted by Gasteiger charge is 2.30. The first kappa shape index (κ1) is 16.3. The fraction of sp³-hybridized carbons (Fsp3) is 0.588. The highest BCUT2D eigenvalue weighted by molar-refractivity contribution is 9.10. The molecule has 1 saturated carbocycles. The number of carbonyl (C=O) groups excluding carboxylic acids is 1. The third-order valence-electron chi connectivity index (χ3n) is 4.58. The summed E-state index contributed by atoms with van der Waals surface area (Å²) in [5, 5.41) is 0. The molecule has 1 aromatic carbocycles. The zero-order valence-electron chi connectivity index (χ0n) is 13.3. The van der Waals surface area contributed by atoms with Crippen molar-refractivity contribution in [2.45, 2.75) is 45.6 Å². The third kappa shape index (κ3) is 3.79. The second kappa shape index (κ2) is 6.39. The summed E-state index contributed by atoms with van der Waals surface area (Å²) in [5.41, 5.74) is 1.12. The number of nitrogens with zero attached hydrogens (tertiary/aromatic N) is 1. The van der Waals surface area contributed by atoms with Gasteiger partial charge in [0.05, 0.1) is 11.6 Å². The van der Waals surface area contributed by atoms with Crippen LogP contribution in [0, 0.1) is 5.41 Å². The Kier molecular flexibility index (Phi) is 4.97. The smallest absolute Gasteiger partial charge is 0.253 e. The lowest BCUT2D eigenvalue weighted by molar-refractivity contribution is 0.0635. The number of carbonyl (C=O) groups is 1. The number of amides is 1. The van der Waals surface area contributed by atoms with Gasteiger partial charge >= 0.3 is 0 Å². The summed E-state index contributed by atoms with van der Waals surface area (Å²) >= 11 is 3.44. The van der Waals surface area contributed by atoms with Crippen molar-refractivity contribution in [3.63, 3.8) is 0 Å². The lowest BCUT2D eigenvalue weighted by atomic mass is 9.75. The standard InChI is InChI=1S/C17H24BrNO2/c1-17(2)9-7-13(8-10-17)19(3)16(20)12-5-6-15(21-4)14(18)11-12/h5-6,11,13H,7-10H2,1-4H3. The summed E-state index contributed by atoms with van der Waals surface area (Å²) in [4.78, 5) is 14.5. The number of ether oxygens (including phenoxy) is 1. The van der Waals surface area contributed by atoms with Crippen LogP contribution in [0.2, 0.25) is 0 Å². The average Bonchev–Trinajstić information content (AvgIpc) is 2.45. The zero-order chi connectivity index (χ0) is 15.6. The molecule has 1 aliphatic carbocycles. The van der Waals surface area contributed by atoms with E-state index in [-0.39, 0.29) is 5.91 Å². The van der Waals surface area contributed by atoms with E-state index in [1.807, 2.05) is 30.1 Å². The Morgan fingerprint density at radius 1 is 1.33 bits per heavy atom. The second-order valence-electron chi connectivity index (χ2n) is 6.66. The van der Waals surface area contributed by atoms with Crippen molar-refractivity contribution < 1.29 is 9.53 Å². The van der Waals surface area contributed by atoms with E-state index in [2.05, 4.69) is 29.8 Å². The van der Waals surface area contributed by atoms with Crippen molar-refractivity contribution in [1.82, 2.24) is 4.90 Å². The molecule has 116 valence electrons. The molecule has 0 spiro atoms. The molecular weight excluding hydrogens is 330 g/mol. The van der Waals surface area contributed by atoms with E-state index >= 15 is 0 Å². The summed E-state index contributed by atoms with van der Waals surface area (Å²) in [5.74, 6) is 0.830. The predicted octanol–water partition coefficient (Wildman–Crippen LogP) is 4.50. The molecule has 3 nitrogen and oxygen atoms in total. The molecule has 0 bridgehead atoms. The number of methoxy groups -OCH3 is 1. The molecule has 1 aliphatic rings. The molecule has 1 amide bonds. The van der Waals surface area contributed by atoms with Gasteiger partial charge in [-0.1, -0.05) is 13.8 Å². The van der Waals surface area contributed by atoms with Crippen LogP contribution in [0.3, 0.4) is 0 Å². The summed E-state index contributed by atoms with van der Waals surface area (Å²) in [6.45, 7) is 4.62. The van der Waals surface area contributed by atoms with Crippen LogP contribution in [0.1, 0.15) is 49.9 Å². The van der Waals surface area contributed by atoms with E-state index in [0.29, 0.717) is 17.0 Å². The van der Waals surface area contributed by atoms with Crippen LogP contribution in [0.25, 0.3) is 0 Å². The highest BCUT2D eigenvalue weighted by Crippen LogP contribution is 2.37. The van der Waals surface area contributed by atoms with Crippen molar-refractivity contribution in [3.05, 3.63) is 28.2 Å². The van der Waals surface area contributed by atoms with Gasteiger partial charge in [0.1, 0.15) is 5.75 Å². The monoisotopic (exact) mass is 353 g/mol. The number of hydrogen-bond acceptors (Lipinski definition) is 2. The molecule has 2 rings (SSSR count). The normalized spacial score (nSPS) is 18.3. The Morgan fingerprint density at radius 2 is 1.95 bits per heavy atom. The number of hydrogen-bond donors (Lipinski definition) is 0. The van der Waals surface area contributed by atoms with Crippen LogP contribution in [-0.4, -0.2) is 31.0 Å². The van der Waals surface area contributed by atoms with Gasteiger partial charge in [0.15, 0.2) is 0 Å². The SMILES string of the molecule is COc1ccc(C(=O)N(C)C2CCC(C)(C)CC2)cc1Br. The van der Waals surface area contributed by atoms with E-state index in [1.54, 1.807) is 7.11 Å². The molecule has 0 aromatic heterocycles. The first-order chi connectivity index (χ1) is 9.84. The van der Waals surface area contributed by atoms with E-state index in [4.69, 9.17) is 4.74 Å². The third-order valence-corrected chi connectivity index (χ3v) is 5.20. The largest absolute Gasteiger partial charge is 0.496 e. The zero-order valence-corrected chi connectivity index (χ0v) is 14.9. The predicted molar refractivity (Wildman–Crippen MR) is 88.8 cm³/mol. The molecule has 0 N–H and O–H groups in total. The van der Waals surface area contributed by atoms with Gasteiger partial charge < -0.3 is 9.64 Å². The lowest BCUT2D eigenvalue weighted by Crippen LogP contribution is -2.40. The first-order valence-electron chi connectivity index (χ1n) is 7.45. The summed E-state index contributed by atoms with van der Waals surface area (Å²) < 4.78 is 6.02. The maximum atomic E-state index is 12.6. The highest BCUT2D eigenvalue weighted by atomic mass is 79.9. The summed E-state index contributed by atoms with van der Waals surface area (Å²) in [6, 6.07) is 5.85. The van der Waals surface area contributed by atoms with E-state index in [0.717, 1.165) is 23.1 Å². The molecule has 0 heterocycles. The van der Waals surface area contributed by atoms with Crippen LogP contribution in [0.4, 0.5) is 0 Å². The Labute approximate surface area is 135 Å². The van der Waals surface area contributed by atoms with Gasteiger partial charge in [0.2, 0.25) is 0 Å². The Bertz CT molecular complexity index is 518. The maximum Gasteiger partial charge on any atom is 0.253 e. The number of halogens is 1. The van der Waals surface area contributed by atoms with Crippen LogP contribution in [-0.2, 0) is 0 Å². The van der Waals surface area contributed by atoms with Crippen molar-refractivity contribution in [2.24, 2.45) is 5.41 Å². The van der Waals surface area contributed by atoms with Gasteiger partial charge in [-0.2, -0.15) is 0 Å². The molecule has 0 aliphatic heterocycles. The summed E-state index contributed by atoms with van der Waals surface area (Å²) in [6.07, 6.45) is 4.54. The second-order valence-corrected chi connectivity index (χ2v) is 7.52. The van der Waals surface area contributed by atoms with E-state index in [1.165, 1.54) is 12.8 Å². The molecule has 0 radical (unpaired) electrons. The quantitative estimate of drug-likeness (QED) is 0.800. The number of benzene rings is 1. The Hall–Kier alpha value is -1.03. The van der Waals surface area contributed by atoms with Gasteiger partial charge in [-0.05, 0) is 65.2 Å². The molecule has 1 fully saturated rings.